The Bertz CT molecular complexity index is 531. The number of amides is 2. The molecule has 0 spiro atoms. The van der Waals surface area contributed by atoms with Crippen LogP contribution in [0.15, 0.2) is 18.2 Å². The van der Waals surface area contributed by atoms with E-state index in [1.54, 1.807) is 6.07 Å². The summed E-state index contributed by atoms with van der Waals surface area (Å²) in [5.74, 6) is -0.953. The molecule has 1 aromatic rings. The van der Waals surface area contributed by atoms with Gasteiger partial charge in [-0.1, -0.05) is 19.1 Å². The predicted molar refractivity (Wildman–Crippen MR) is 85.0 cm³/mol. The zero-order chi connectivity index (χ0) is 16.7. The number of primary amides is 1. The number of nitrogens with one attached hydrogen (secondary N) is 1. The molecule has 6 nitrogen and oxygen atoms in total. The van der Waals surface area contributed by atoms with Gasteiger partial charge in [-0.25, -0.2) is 4.79 Å². The molecule has 0 aromatic heterocycles. The summed E-state index contributed by atoms with van der Waals surface area (Å²) in [7, 11) is 0. The van der Waals surface area contributed by atoms with E-state index in [9.17, 15) is 9.59 Å². The molecule has 0 saturated heterocycles. The molecule has 0 aliphatic rings. The predicted octanol–water partition coefficient (Wildman–Crippen LogP) is 3.24. The second-order valence-corrected chi connectivity index (χ2v) is 5.14. The molecule has 0 aliphatic carbocycles. The van der Waals surface area contributed by atoms with Crippen LogP contribution in [0.3, 0.4) is 0 Å². The fraction of sp³-hybridized carbons (Fsp3) is 0.500. The molecular formula is C16H24N2O4. The minimum Gasteiger partial charge on any atom is -0.481 e. The van der Waals surface area contributed by atoms with Crippen LogP contribution in [-0.2, 0) is 9.53 Å². The number of carbonyl (C=O) groups excluding carboxylic acids is 1. The van der Waals surface area contributed by atoms with Crippen molar-refractivity contribution in [3.05, 3.63) is 29.3 Å². The molecule has 0 heterocycles. The fourth-order valence-corrected chi connectivity index (χ4v) is 2.47. The van der Waals surface area contributed by atoms with Gasteiger partial charge in [-0.3, -0.25) is 4.79 Å². The molecule has 0 saturated carbocycles. The highest BCUT2D eigenvalue weighted by Gasteiger charge is 2.18. The fourth-order valence-electron chi connectivity index (χ4n) is 2.47. The lowest BCUT2D eigenvalue weighted by molar-refractivity contribution is -0.137. The van der Waals surface area contributed by atoms with Gasteiger partial charge in [-0.05, 0) is 37.8 Å². The Balaban J connectivity index is 3.17. The van der Waals surface area contributed by atoms with Crippen LogP contribution in [0.4, 0.5) is 10.5 Å². The highest BCUT2D eigenvalue weighted by molar-refractivity contribution is 5.89. The van der Waals surface area contributed by atoms with E-state index in [-0.39, 0.29) is 18.4 Å². The average molecular weight is 308 g/mol. The lowest BCUT2D eigenvalue weighted by atomic mass is 9.91. The van der Waals surface area contributed by atoms with Gasteiger partial charge in [-0.2, -0.15) is 0 Å². The van der Waals surface area contributed by atoms with Gasteiger partial charge in [-0.15, -0.1) is 0 Å². The number of aliphatic carboxylic acids is 1. The average Bonchev–Trinajstić information content (AvgIpc) is 2.44. The second kappa shape index (κ2) is 8.38. The van der Waals surface area contributed by atoms with Crippen molar-refractivity contribution in [2.75, 3.05) is 11.9 Å². The van der Waals surface area contributed by atoms with Crippen molar-refractivity contribution in [2.24, 2.45) is 5.73 Å². The Kier molecular flexibility index (Phi) is 6.85. The first-order valence-corrected chi connectivity index (χ1v) is 7.42. The second-order valence-electron chi connectivity index (χ2n) is 5.14. The Morgan fingerprint density at radius 2 is 2.05 bits per heavy atom. The highest BCUT2D eigenvalue weighted by atomic mass is 16.5. The number of carboxylic acids is 1. The van der Waals surface area contributed by atoms with E-state index >= 15 is 0 Å². The summed E-state index contributed by atoms with van der Waals surface area (Å²) in [4.78, 5) is 22.2. The number of hydrogen-bond acceptors (Lipinski definition) is 3. The van der Waals surface area contributed by atoms with Crippen molar-refractivity contribution < 1.29 is 19.4 Å². The molecule has 0 fully saturated rings. The third-order valence-corrected chi connectivity index (χ3v) is 3.58. The molecule has 6 heteroatoms. The lowest BCUT2D eigenvalue weighted by Gasteiger charge is -2.20. The highest BCUT2D eigenvalue weighted by Crippen LogP contribution is 2.31. The van der Waals surface area contributed by atoms with E-state index in [1.807, 2.05) is 32.9 Å². The summed E-state index contributed by atoms with van der Waals surface area (Å²) in [6, 6.07) is 4.86. The molecule has 0 radical (unpaired) electrons. The molecule has 1 rings (SSSR count). The molecule has 22 heavy (non-hydrogen) atoms. The number of benzene rings is 1. The number of carboxylic acid groups (broad SMARTS) is 1. The lowest BCUT2D eigenvalue weighted by Crippen LogP contribution is -2.21. The largest absolute Gasteiger partial charge is 0.481 e. The van der Waals surface area contributed by atoms with Crippen LogP contribution in [0.1, 0.15) is 56.8 Å². The maximum absolute atomic E-state index is 11.2. The van der Waals surface area contributed by atoms with Gasteiger partial charge in [0.2, 0.25) is 0 Å². The van der Waals surface area contributed by atoms with Gasteiger partial charge in [0.05, 0.1) is 12.5 Å². The van der Waals surface area contributed by atoms with E-state index in [4.69, 9.17) is 15.6 Å². The van der Waals surface area contributed by atoms with Gasteiger partial charge in [0, 0.05) is 17.9 Å². The first-order valence-electron chi connectivity index (χ1n) is 7.42. The zero-order valence-electron chi connectivity index (χ0n) is 13.3. The topological polar surface area (TPSA) is 102 Å². The molecule has 4 N–H and O–H groups in total. The van der Waals surface area contributed by atoms with Gasteiger partial charge < -0.3 is 20.9 Å². The Morgan fingerprint density at radius 3 is 2.55 bits per heavy atom. The molecule has 2 atom stereocenters. The summed E-state index contributed by atoms with van der Waals surface area (Å²) < 4.78 is 5.56. The van der Waals surface area contributed by atoms with E-state index in [1.165, 1.54) is 0 Å². The number of hydrogen-bond donors (Lipinski definition) is 3. The van der Waals surface area contributed by atoms with Gasteiger partial charge >= 0.3 is 12.0 Å². The molecule has 0 unspecified atom stereocenters. The number of nitrogens with two attached hydrogens (primary N) is 1. The number of ether oxygens (including phenoxy) is 1. The van der Waals surface area contributed by atoms with Crippen molar-refractivity contribution in [3.8, 4) is 0 Å². The number of carbonyl (C=O) groups is 2. The third-order valence-electron chi connectivity index (χ3n) is 3.58. The quantitative estimate of drug-likeness (QED) is 0.686. The summed E-state index contributed by atoms with van der Waals surface area (Å²) in [6.07, 6.45) is 0.552. The van der Waals surface area contributed by atoms with Crippen LogP contribution in [-0.4, -0.2) is 23.7 Å². The van der Waals surface area contributed by atoms with Gasteiger partial charge in [0.25, 0.3) is 0 Å². The van der Waals surface area contributed by atoms with Crippen molar-refractivity contribution in [1.29, 1.82) is 0 Å². The molecule has 0 aliphatic heterocycles. The molecule has 1 aromatic carbocycles. The maximum Gasteiger partial charge on any atom is 0.316 e. The van der Waals surface area contributed by atoms with Crippen LogP contribution in [0.25, 0.3) is 0 Å². The van der Waals surface area contributed by atoms with Crippen LogP contribution in [0, 0.1) is 0 Å². The summed E-state index contributed by atoms with van der Waals surface area (Å²) >= 11 is 0. The van der Waals surface area contributed by atoms with Crippen molar-refractivity contribution in [1.82, 2.24) is 0 Å². The number of rotatable bonds is 8. The summed E-state index contributed by atoms with van der Waals surface area (Å²) in [6.45, 7) is 6.27. The molecule has 2 amide bonds. The van der Waals surface area contributed by atoms with E-state index in [2.05, 4.69) is 5.32 Å². The minimum absolute atomic E-state index is 0.0485. The Morgan fingerprint density at radius 1 is 1.36 bits per heavy atom. The normalized spacial score (nSPS) is 13.4. The molecule has 122 valence electrons. The summed E-state index contributed by atoms with van der Waals surface area (Å²) in [5, 5.41) is 11.6. The Hall–Kier alpha value is -2.08. The third kappa shape index (κ3) is 5.04. The Labute approximate surface area is 130 Å². The first-order chi connectivity index (χ1) is 10.4. The molecule has 0 bridgehead atoms. The van der Waals surface area contributed by atoms with Crippen LogP contribution in [0.5, 0.6) is 0 Å². The van der Waals surface area contributed by atoms with Crippen molar-refractivity contribution in [3.63, 3.8) is 0 Å². The van der Waals surface area contributed by atoms with Crippen molar-refractivity contribution in [2.45, 2.75) is 45.6 Å². The zero-order valence-corrected chi connectivity index (χ0v) is 13.3. The van der Waals surface area contributed by atoms with E-state index in [0.29, 0.717) is 18.7 Å². The van der Waals surface area contributed by atoms with E-state index in [0.717, 1.165) is 11.1 Å². The van der Waals surface area contributed by atoms with Crippen LogP contribution in [0.2, 0.25) is 0 Å². The van der Waals surface area contributed by atoms with Gasteiger partial charge in [0.15, 0.2) is 0 Å². The monoisotopic (exact) mass is 308 g/mol. The summed E-state index contributed by atoms with van der Waals surface area (Å²) in [5.41, 5.74) is 7.46. The standard InChI is InChI=1S/C16H24N2O4/c1-4-11(9-15(19)20)12-6-7-13(10(3)22-5-2)14(8-12)18-16(17)21/h6-8,10-11H,4-5,9H2,1-3H3,(H,19,20)(H3,17,18,21)/t10-,11+/m1/s1. The van der Waals surface area contributed by atoms with E-state index < -0.39 is 12.0 Å². The van der Waals surface area contributed by atoms with Crippen LogP contribution >= 0.6 is 0 Å². The van der Waals surface area contributed by atoms with Gasteiger partial charge in [0.1, 0.15) is 0 Å². The van der Waals surface area contributed by atoms with Crippen LogP contribution < -0.4 is 11.1 Å². The van der Waals surface area contributed by atoms with Crippen molar-refractivity contribution >= 4 is 17.7 Å². The number of urea groups is 1. The minimum atomic E-state index is -0.844. The first kappa shape index (κ1) is 18.0. The maximum atomic E-state index is 11.2. The number of anilines is 1. The smallest absolute Gasteiger partial charge is 0.316 e. The molecular weight excluding hydrogens is 284 g/mol. The SMILES string of the molecule is CCO[C@H](C)c1ccc([C@@H](CC)CC(=O)O)cc1NC(N)=O.